The molecule has 0 aromatic heterocycles. The number of rotatable bonds is 15. The molecule has 9 nitrogen and oxygen atoms in total. The minimum atomic E-state index is -1.47. The number of ether oxygens (including phenoxy) is 1. The van der Waals surface area contributed by atoms with Crippen molar-refractivity contribution in [3.63, 3.8) is 0 Å². The lowest BCUT2D eigenvalue weighted by Gasteiger charge is -2.40. The number of para-hydroxylation sites is 1. The molecule has 0 saturated carbocycles. The fourth-order valence-corrected chi connectivity index (χ4v) is 6.91. The van der Waals surface area contributed by atoms with Crippen molar-refractivity contribution in [3.8, 4) is 16.9 Å². The Labute approximate surface area is 297 Å². The van der Waals surface area contributed by atoms with E-state index in [-0.39, 0.29) is 23.5 Å². The summed E-state index contributed by atoms with van der Waals surface area (Å²) in [5, 5.41) is 66.1. The summed E-state index contributed by atoms with van der Waals surface area (Å²) in [7, 11) is 1.99. The van der Waals surface area contributed by atoms with Crippen molar-refractivity contribution in [1.29, 1.82) is 0 Å². The van der Waals surface area contributed by atoms with Gasteiger partial charge in [-0.3, -0.25) is 0 Å². The Morgan fingerprint density at radius 2 is 1.56 bits per heavy atom. The van der Waals surface area contributed by atoms with Gasteiger partial charge in [-0.25, -0.2) is 4.39 Å². The molecule has 1 saturated heterocycles. The maximum Gasteiger partial charge on any atom is 0.123 e. The third-order valence-electron chi connectivity index (χ3n) is 9.61. The number of phenolic OH excluding ortho intramolecular Hbond substituents is 1. The quantitative estimate of drug-likeness (QED) is 0.0849. The largest absolute Gasteiger partial charge is 0.508 e. The number of anilines is 1. The Balaban J connectivity index is 1.40. The molecule has 11 heteroatoms. The Hall–Kier alpha value is -3.94. The molecule has 0 bridgehead atoms. The Morgan fingerprint density at radius 1 is 0.880 bits per heavy atom. The van der Waals surface area contributed by atoms with Crippen LogP contribution < -0.4 is 10.2 Å². The summed E-state index contributed by atoms with van der Waals surface area (Å²) in [6, 6.07) is 28.2. The van der Waals surface area contributed by atoms with Crippen LogP contribution in [0, 0.1) is 11.7 Å². The number of aliphatic hydroxyl groups excluding tert-OH is 5. The molecule has 1 fully saturated rings. The molecule has 5 rings (SSSR count). The summed E-state index contributed by atoms with van der Waals surface area (Å²) in [5.41, 5.74) is 5.93. The fourth-order valence-electron chi connectivity index (χ4n) is 6.81. The van der Waals surface area contributed by atoms with Crippen molar-refractivity contribution in [2.24, 2.45) is 5.92 Å². The number of thiocarbonyl (C=S) groups is 1. The van der Waals surface area contributed by atoms with Gasteiger partial charge in [0.1, 0.15) is 42.1 Å². The number of phenols is 1. The van der Waals surface area contributed by atoms with Gasteiger partial charge in [0.15, 0.2) is 0 Å². The van der Waals surface area contributed by atoms with Gasteiger partial charge >= 0.3 is 0 Å². The van der Waals surface area contributed by atoms with E-state index in [1.165, 1.54) is 17.6 Å². The third kappa shape index (κ3) is 8.67. The molecule has 1 aliphatic heterocycles. The van der Waals surface area contributed by atoms with Gasteiger partial charge in [0.25, 0.3) is 0 Å². The standard InChI is InChI=1S/C39H45FN2O7S/c1-42(30-7-3-2-4-8-30)35(28(21-41-23-50)6-5-9-32(44)25-14-17-29(40)18-15-25)31-19-16-27(20-33(31)45)24-10-12-26(13-11-24)39-38(48)37(47)36(46)34(22-43)49-39/h2-4,7-8,10-20,23,28,32,34-39,43-48H,5-6,9,21-22H2,1H3,(H,41,50). The SMILES string of the molecule is CN(c1ccccc1)C(c1ccc(-c2ccc(C3OC(CO)C(O)C(O)C3O)cc2)cc1O)C(CCCC(O)c1ccc(F)cc1)CNC=S. The van der Waals surface area contributed by atoms with E-state index >= 15 is 0 Å². The zero-order valence-corrected chi connectivity index (χ0v) is 28.6. The first-order valence-corrected chi connectivity index (χ1v) is 17.2. The average Bonchev–Trinajstić information content (AvgIpc) is 3.14. The molecule has 4 aromatic carbocycles. The van der Waals surface area contributed by atoms with Gasteiger partial charge in [-0.05, 0) is 65.4 Å². The minimum absolute atomic E-state index is 0.0469. The van der Waals surface area contributed by atoms with Crippen molar-refractivity contribution >= 4 is 23.4 Å². The second kappa shape index (κ2) is 17.3. The van der Waals surface area contributed by atoms with E-state index in [2.05, 4.69) is 10.2 Å². The highest BCUT2D eigenvalue weighted by molar-refractivity contribution is 7.78. The highest BCUT2D eigenvalue weighted by Crippen LogP contribution is 2.41. The normalized spacial score (nSPS) is 22.3. The number of nitrogens with zero attached hydrogens (tertiary/aromatic N) is 1. The van der Waals surface area contributed by atoms with Gasteiger partial charge in [0.05, 0.1) is 24.2 Å². The van der Waals surface area contributed by atoms with E-state index in [1.807, 2.05) is 61.6 Å². The summed E-state index contributed by atoms with van der Waals surface area (Å²) in [6.45, 7) is 0.0184. The second-order valence-electron chi connectivity index (χ2n) is 12.8. The van der Waals surface area contributed by atoms with E-state index in [1.54, 1.807) is 30.3 Å². The van der Waals surface area contributed by atoms with Gasteiger partial charge in [-0.2, -0.15) is 0 Å². The van der Waals surface area contributed by atoms with Crippen LogP contribution in [0.5, 0.6) is 5.75 Å². The lowest BCUT2D eigenvalue weighted by atomic mass is 9.85. The topological polar surface area (TPSA) is 146 Å². The Morgan fingerprint density at radius 3 is 2.20 bits per heavy atom. The smallest absolute Gasteiger partial charge is 0.123 e. The number of hydrogen-bond acceptors (Lipinski definition) is 9. The van der Waals surface area contributed by atoms with Crippen LogP contribution in [0.15, 0.2) is 97.1 Å². The monoisotopic (exact) mass is 704 g/mol. The van der Waals surface area contributed by atoms with Crippen LogP contribution in [0.2, 0.25) is 0 Å². The highest BCUT2D eigenvalue weighted by Gasteiger charge is 2.44. The lowest BCUT2D eigenvalue weighted by molar-refractivity contribution is -0.231. The number of halogens is 1. The predicted molar refractivity (Wildman–Crippen MR) is 194 cm³/mol. The number of aliphatic hydroxyl groups is 5. The number of hydrogen-bond donors (Lipinski definition) is 7. The number of benzene rings is 4. The molecule has 50 heavy (non-hydrogen) atoms. The van der Waals surface area contributed by atoms with E-state index in [0.717, 1.165) is 16.8 Å². The zero-order valence-electron chi connectivity index (χ0n) is 27.8. The van der Waals surface area contributed by atoms with Crippen molar-refractivity contribution in [2.75, 3.05) is 25.1 Å². The fraction of sp³-hybridized carbons (Fsp3) is 0.359. The summed E-state index contributed by atoms with van der Waals surface area (Å²) in [5.74, 6) is -0.295. The van der Waals surface area contributed by atoms with Crippen LogP contribution in [0.25, 0.3) is 11.1 Å². The summed E-state index contributed by atoms with van der Waals surface area (Å²) >= 11 is 5.11. The molecule has 266 valence electrons. The third-order valence-corrected chi connectivity index (χ3v) is 9.78. The van der Waals surface area contributed by atoms with Crippen LogP contribution in [0.3, 0.4) is 0 Å². The highest BCUT2D eigenvalue weighted by atomic mass is 32.1. The number of nitrogens with one attached hydrogen (secondary N) is 1. The summed E-state index contributed by atoms with van der Waals surface area (Å²) < 4.78 is 19.1. The maximum atomic E-state index is 13.4. The van der Waals surface area contributed by atoms with Crippen LogP contribution in [0.4, 0.5) is 10.1 Å². The van der Waals surface area contributed by atoms with Crippen molar-refractivity contribution in [1.82, 2.24) is 5.32 Å². The van der Waals surface area contributed by atoms with E-state index in [4.69, 9.17) is 17.0 Å². The second-order valence-corrected chi connectivity index (χ2v) is 13.1. The average molecular weight is 705 g/mol. The van der Waals surface area contributed by atoms with E-state index < -0.39 is 43.2 Å². The Kier molecular flexibility index (Phi) is 12.9. The molecule has 8 atom stereocenters. The molecule has 8 unspecified atom stereocenters. The van der Waals surface area contributed by atoms with Crippen LogP contribution in [0.1, 0.15) is 54.2 Å². The molecular weight excluding hydrogens is 660 g/mol. The maximum absolute atomic E-state index is 13.4. The number of aromatic hydroxyl groups is 1. The molecule has 0 spiro atoms. The van der Waals surface area contributed by atoms with Crippen LogP contribution in [-0.4, -0.2) is 80.7 Å². The summed E-state index contributed by atoms with van der Waals surface area (Å²) in [6.07, 6.45) is -5.14. The van der Waals surface area contributed by atoms with Crippen molar-refractivity contribution in [3.05, 3.63) is 120 Å². The van der Waals surface area contributed by atoms with Gasteiger partial charge in [-0.15, -0.1) is 0 Å². The van der Waals surface area contributed by atoms with E-state index in [9.17, 15) is 35.0 Å². The molecular formula is C39H45FN2O7S. The van der Waals surface area contributed by atoms with Gasteiger partial charge in [-0.1, -0.05) is 85.4 Å². The first-order valence-electron chi connectivity index (χ1n) is 16.7. The van der Waals surface area contributed by atoms with Crippen molar-refractivity contribution in [2.45, 2.75) is 61.9 Å². The van der Waals surface area contributed by atoms with Gasteiger partial charge in [0, 0.05) is 30.8 Å². The van der Waals surface area contributed by atoms with Crippen LogP contribution in [-0.2, 0) is 4.74 Å². The zero-order chi connectivity index (χ0) is 35.8. The van der Waals surface area contributed by atoms with Crippen LogP contribution >= 0.6 is 12.2 Å². The molecule has 0 radical (unpaired) electrons. The molecule has 0 amide bonds. The van der Waals surface area contributed by atoms with Gasteiger partial charge < -0.3 is 45.6 Å². The first-order chi connectivity index (χ1) is 24.1. The predicted octanol–water partition coefficient (Wildman–Crippen LogP) is 4.96. The molecule has 0 aliphatic carbocycles. The first kappa shape index (κ1) is 37.3. The Bertz CT molecular complexity index is 1660. The van der Waals surface area contributed by atoms with Crippen molar-refractivity contribution < 1.29 is 39.8 Å². The molecule has 7 N–H and O–H groups in total. The summed E-state index contributed by atoms with van der Waals surface area (Å²) in [4.78, 5) is 2.14. The molecule has 1 aliphatic rings. The van der Waals surface area contributed by atoms with E-state index in [0.29, 0.717) is 42.5 Å². The van der Waals surface area contributed by atoms with Gasteiger partial charge in [0.2, 0.25) is 0 Å². The molecule has 1 heterocycles. The molecule has 4 aromatic rings. The minimum Gasteiger partial charge on any atom is -0.508 e. The lowest BCUT2D eigenvalue weighted by Crippen LogP contribution is -2.55.